The second kappa shape index (κ2) is 4.78. The van der Waals surface area contributed by atoms with Gasteiger partial charge < -0.3 is 10.2 Å². The fourth-order valence-corrected chi connectivity index (χ4v) is 2.47. The van der Waals surface area contributed by atoms with Crippen LogP contribution in [-0.4, -0.2) is 22.3 Å². The standard InChI is InChI=1S/C11H20O3/c1-7(8(2)12)10(11(13)14)9-5-3-4-6-9/h7-10,12H,3-6H2,1-2H3,(H,13,14). The van der Waals surface area contributed by atoms with E-state index in [1.165, 1.54) is 0 Å². The van der Waals surface area contributed by atoms with Gasteiger partial charge in [-0.05, 0) is 31.6 Å². The summed E-state index contributed by atoms with van der Waals surface area (Å²) in [4.78, 5) is 11.1. The molecule has 3 nitrogen and oxygen atoms in total. The molecule has 0 saturated heterocycles. The van der Waals surface area contributed by atoms with E-state index in [1.807, 2.05) is 6.92 Å². The molecule has 0 amide bonds. The number of hydrogen-bond donors (Lipinski definition) is 2. The zero-order valence-corrected chi connectivity index (χ0v) is 8.94. The maximum absolute atomic E-state index is 11.1. The number of aliphatic carboxylic acids is 1. The maximum atomic E-state index is 11.1. The molecule has 82 valence electrons. The van der Waals surface area contributed by atoms with E-state index in [2.05, 4.69) is 0 Å². The smallest absolute Gasteiger partial charge is 0.307 e. The Labute approximate surface area is 85.1 Å². The number of carbonyl (C=O) groups is 1. The van der Waals surface area contributed by atoms with Crippen molar-refractivity contribution in [2.24, 2.45) is 17.8 Å². The third-order valence-electron chi connectivity index (χ3n) is 3.52. The van der Waals surface area contributed by atoms with Gasteiger partial charge in [-0.2, -0.15) is 0 Å². The van der Waals surface area contributed by atoms with Crippen LogP contribution in [0.15, 0.2) is 0 Å². The lowest BCUT2D eigenvalue weighted by atomic mass is 9.79. The number of rotatable bonds is 4. The lowest BCUT2D eigenvalue weighted by molar-refractivity contribution is -0.147. The minimum Gasteiger partial charge on any atom is -0.481 e. The zero-order chi connectivity index (χ0) is 10.7. The molecule has 0 bridgehead atoms. The Balaban J connectivity index is 2.67. The fraction of sp³-hybridized carbons (Fsp3) is 0.909. The Bertz CT molecular complexity index is 193. The van der Waals surface area contributed by atoms with Gasteiger partial charge >= 0.3 is 5.97 Å². The molecule has 14 heavy (non-hydrogen) atoms. The van der Waals surface area contributed by atoms with Crippen LogP contribution in [0.5, 0.6) is 0 Å². The molecular weight excluding hydrogens is 180 g/mol. The minimum absolute atomic E-state index is 0.143. The largest absolute Gasteiger partial charge is 0.481 e. The third-order valence-corrected chi connectivity index (χ3v) is 3.52. The predicted octanol–water partition coefficient (Wildman–Crippen LogP) is 1.89. The molecule has 0 aromatic heterocycles. The first kappa shape index (κ1) is 11.5. The van der Waals surface area contributed by atoms with Gasteiger partial charge in [0.15, 0.2) is 0 Å². The Morgan fingerprint density at radius 2 is 1.79 bits per heavy atom. The van der Waals surface area contributed by atoms with Crippen LogP contribution in [0.2, 0.25) is 0 Å². The summed E-state index contributed by atoms with van der Waals surface area (Å²) in [5.41, 5.74) is 0. The molecule has 0 heterocycles. The molecule has 0 aromatic carbocycles. The van der Waals surface area contributed by atoms with Gasteiger partial charge in [0.1, 0.15) is 0 Å². The van der Waals surface area contributed by atoms with E-state index >= 15 is 0 Å². The Kier molecular flexibility index (Phi) is 3.93. The number of aliphatic hydroxyl groups excluding tert-OH is 1. The summed E-state index contributed by atoms with van der Waals surface area (Å²) >= 11 is 0. The average Bonchev–Trinajstić information content (AvgIpc) is 2.56. The highest BCUT2D eigenvalue weighted by Gasteiger charge is 2.36. The van der Waals surface area contributed by atoms with Crippen LogP contribution in [0.4, 0.5) is 0 Å². The van der Waals surface area contributed by atoms with Crippen LogP contribution in [0.3, 0.4) is 0 Å². The SMILES string of the molecule is CC(O)C(C)C(C(=O)O)C1CCCC1. The molecule has 3 heteroatoms. The van der Waals surface area contributed by atoms with Crippen LogP contribution in [-0.2, 0) is 4.79 Å². The second-order valence-corrected chi connectivity index (χ2v) is 4.51. The molecule has 2 N–H and O–H groups in total. The number of carboxylic acids is 1. The van der Waals surface area contributed by atoms with E-state index in [0.29, 0.717) is 0 Å². The van der Waals surface area contributed by atoms with Crippen molar-refractivity contribution in [2.75, 3.05) is 0 Å². The molecule has 1 aliphatic rings. The van der Waals surface area contributed by atoms with Crippen molar-refractivity contribution in [3.63, 3.8) is 0 Å². The molecule has 3 atom stereocenters. The molecular formula is C11H20O3. The summed E-state index contributed by atoms with van der Waals surface area (Å²) in [6, 6.07) is 0. The molecule has 0 aliphatic heterocycles. The minimum atomic E-state index is -0.745. The lowest BCUT2D eigenvalue weighted by Crippen LogP contribution is -2.33. The molecule has 1 fully saturated rings. The summed E-state index contributed by atoms with van der Waals surface area (Å²) < 4.78 is 0. The molecule has 1 rings (SSSR count). The molecule has 1 saturated carbocycles. The summed E-state index contributed by atoms with van der Waals surface area (Å²) in [6.07, 6.45) is 3.76. The Morgan fingerprint density at radius 1 is 1.29 bits per heavy atom. The quantitative estimate of drug-likeness (QED) is 0.728. The van der Waals surface area contributed by atoms with Crippen molar-refractivity contribution in [2.45, 2.75) is 45.6 Å². The summed E-state index contributed by atoms with van der Waals surface area (Å²) in [5, 5.41) is 18.6. The maximum Gasteiger partial charge on any atom is 0.307 e. The molecule has 1 aliphatic carbocycles. The first-order valence-corrected chi connectivity index (χ1v) is 5.45. The predicted molar refractivity (Wildman–Crippen MR) is 53.9 cm³/mol. The normalized spacial score (nSPS) is 24.5. The van der Waals surface area contributed by atoms with Gasteiger partial charge in [0.2, 0.25) is 0 Å². The molecule has 3 unspecified atom stereocenters. The van der Waals surface area contributed by atoms with E-state index < -0.39 is 12.1 Å². The lowest BCUT2D eigenvalue weighted by Gasteiger charge is -2.27. The van der Waals surface area contributed by atoms with E-state index in [9.17, 15) is 9.90 Å². The van der Waals surface area contributed by atoms with Gasteiger partial charge in [-0.1, -0.05) is 19.8 Å². The fourth-order valence-electron chi connectivity index (χ4n) is 2.47. The number of carboxylic acid groups (broad SMARTS) is 1. The van der Waals surface area contributed by atoms with Gasteiger partial charge in [0.05, 0.1) is 12.0 Å². The van der Waals surface area contributed by atoms with Crippen molar-refractivity contribution in [3.8, 4) is 0 Å². The highest BCUT2D eigenvalue weighted by molar-refractivity contribution is 5.70. The van der Waals surface area contributed by atoms with Crippen LogP contribution >= 0.6 is 0 Å². The van der Waals surface area contributed by atoms with E-state index in [-0.39, 0.29) is 17.8 Å². The highest BCUT2D eigenvalue weighted by atomic mass is 16.4. The van der Waals surface area contributed by atoms with Gasteiger partial charge in [0, 0.05) is 0 Å². The first-order chi connectivity index (χ1) is 6.54. The van der Waals surface area contributed by atoms with Gasteiger partial charge in [0.25, 0.3) is 0 Å². The van der Waals surface area contributed by atoms with Gasteiger partial charge in [-0.3, -0.25) is 4.79 Å². The number of aliphatic hydroxyl groups is 1. The van der Waals surface area contributed by atoms with Crippen LogP contribution in [0.25, 0.3) is 0 Å². The summed E-state index contributed by atoms with van der Waals surface area (Å²) in [7, 11) is 0. The van der Waals surface area contributed by atoms with Crippen molar-refractivity contribution < 1.29 is 15.0 Å². The van der Waals surface area contributed by atoms with E-state index in [4.69, 9.17) is 5.11 Å². The van der Waals surface area contributed by atoms with Crippen LogP contribution in [0, 0.1) is 17.8 Å². The second-order valence-electron chi connectivity index (χ2n) is 4.51. The van der Waals surface area contributed by atoms with Crippen molar-refractivity contribution >= 4 is 5.97 Å². The summed E-state index contributed by atoms with van der Waals surface area (Å²) in [5.74, 6) is -0.976. The van der Waals surface area contributed by atoms with Gasteiger partial charge in [-0.25, -0.2) is 0 Å². The topological polar surface area (TPSA) is 57.5 Å². The third kappa shape index (κ3) is 2.47. The molecule has 0 spiro atoms. The van der Waals surface area contributed by atoms with Crippen molar-refractivity contribution in [1.82, 2.24) is 0 Å². The number of hydrogen-bond acceptors (Lipinski definition) is 2. The van der Waals surface area contributed by atoms with Crippen molar-refractivity contribution in [3.05, 3.63) is 0 Å². The zero-order valence-electron chi connectivity index (χ0n) is 8.94. The highest BCUT2D eigenvalue weighted by Crippen LogP contribution is 2.36. The molecule has 0 radical (unpaired) electrons. The average molecular weight is 200 g/mol. The van der Waals surface area contributed by atoms with Crippen LogP contribution in [0.1, 0.15) is 39.5 Å². The van der Waals surface area contributed by atoms with Crippen LogP contribution < -0.4 is 0 Å². The van der Waals surface area contributed by atoms with E-state index in [1.54, 1.807) is 6.92 Å². The Hall–Kier alpha value is -0.570. The monoisotopic (exact) mass is 200 g/mol. The van der Waals surface area contributed by atoms with Gasteiger partial charge in [-0.15, -0.1) is 0 Å². The summed E-state index contributed by atoms with van der Waals surface area (Å²) in [6.45, 7) is 3.51. The molecule has 0 aromatic rings. The van der Waals surface area contributed by atoms with Crippen molar-refractivity contribution in [1.29, 1.82) is 0 Å². The van der Waals surface area contributed by atoms with E-state index in [0.717, 1.165) is 25.7 Å². The first-order valence-electron chi connectivity index (χ1n) is 5.45. The Morgan fingerprint density at radius 3 is 2.14 bits per heavy atom.